The van der Waals surface area contributed by atoms with Crippen LogP contribution in [0.25, 0.3) is 0 Å². The lowest BCUT2D eigenvalue weighted by atomic mass is 10.1. The van der Waals surface area contributed by atoms with E-state index in [2.05, 4.69) is 5.32 Å². The molecule has 0 aliphatic heterocycles. The molecule has 1 aromatic heterocycles. The lowest BCUT2D eigenvalue weighted by Crippen LogP contribution is -2.28. The van der Waals surface area contributed by atoms with Gasteiger partial charge >= 0.3 is 0 Å². The van der Waals surface area contributed by atoms with Crippen LogP contribution in [0.4, 0.5) is 0 Å². The molecule has 0 saturated carbocycles. The van der Waals surface area contributed by atoms with E-state index in [0.717, 1.165) is 5.56 Å². The molecule has 1 aromatic carbocycles. The minimum atomic E-state index is -0.224. The zero-order valence-corrected chi connectivity index (χ0v) is 13.4. The minimum absolute atomic E-state index is 0.152. The normalized spacial score (nSPS) is 10.2. The summed E-state index contributed by atoms with van der Waals surface area (Å²) in [5.41, 5.74) is 1.60. The van der Waals surface area contributed by atoms with Crippen molar-refractivity contribution in [1.29, 1.82) is 0 Å². The van der Waals surface area contributed by atoms with Crippen LogP contribution >= 0.6 is 0 Å². The molecular formula is C17H19N3O3. The number of amides is 2. The minimum Gasteiger partial charge on any atom is -0.355 e. The van der Waals surface area contributed by atoms with Gasteiger partial charge in [-0.25, -0.2) is 0 Å². The Kier molecular flexibility index (Phi) is 4.95. The molecule has 2 aromatic rings. The molecule has 120 valence electrons. The third kappa shape index (κ3) is 3.85. The highest BCUT2D eigenvalue weighted by Crippen LogP contribution is 2.09. The summed E-state index contributed by atoms with van der Waals surface area (Å²) in [6, 6.07) is 9.98. The molecule has 0 unspecified atom stereocenters. The average molecular weight is 313 g/mol. The van der Waals surface area contributed by atoms with Gasteiger partial charge < -0.3 is 14.8 Å². The van der Waals surface area contributed by atoms with Crippen LogP contribution in [0.5, 0.6) is 0 Å². The van der Waals surface area contributed by atoms with Crippen LogP contribution < -0.4 is 10.9 Å². The Morgan fingerprint density at radius 3 is 2.35 bits per heavy atom. The standard InChI is InChI=1S/C17H19N3O3/c1-18-16(22)13-6-4-12(5-7-13)11-20(3)17(23)14-8-9-19(2)15(21)10-14/h4-10H,11H2,1-3H3,(H,18,22). The Morgan fingerprint density at radius 2 is 1.78 bits per heavy atom. The number of carbonyl (C=O) groups excluding carboxylic acids is 2. The lowest BCUT2D eigenvalue weighted by molar-refractivity contribution is 0.0784. The van der Waals surface area contributed by atoms with Gasteiger partial charge in [0.1, 0.15) is 0 Å². The van der Waals surface area contributed by atoms with Crippen LogP contribution in [0.3, 0.4) is 0 Å². The van der Waals surface area contributed by atoms with E-state index in [1.54, 1.807) is 57.7 Å². The van der Waals surface area contributed by atoms with E-state index >= 15 is 0 Å². The fourth-order valence-corrected chi connectivity index (χ4v) is 2.15. The maximum absolute atomic E-state index is 12.3. The molecule has 23 heavy (non-hydrogen) atoms. The Morgan fingerprint density at radius 1 is 1.13 bits per heavy atom. The number of rotatable bonds is 4. The van der Waals surface area contributed by atoms with Crippen molar-refractivity contribution >= 4 is 11.8 Å². The second-order valence-corrected chi connectivity index (χ2v) is 5.30. The van der Waals surface area contributed by atoms with Crippen molar-refractivity contribution in [3.8, 4) is 0 Å². The van der Waals surface area contributed by atoms with Crippen LogP contribution in [0.15, 0.2) is 47.4 Å². The summed E-state index contributed by atoms with van der Waals surface area (Å²) in [5, 5.41) is 2.56. The lowest BCUT2D eigenvalue weighted by Gasteiger charge is -2.17. The summed E-state index contributed by atoms with van der Waals surface area (Å²) < 4.78 is 1.41. The highest BCUT2D eigenvalue weighted by Gasteiger charge is 2.13. The molecule has 1 heterocycles. The van der Waals surface area contributed by atoms with E-state index in [0.29, 0.717) is 17.7 Å². The van der Waals surface area contributed by atoms with E-state index < -0.39 is 0 Å². The van der Waals surface area contributed by atoms with Gasteiger partial charge in [0.25, 0.3) is 17.4 Å². The Hall–Kier alpha value is -2.89. The first kappa shape index (κ1) is 16.5. The summed E-state index contributed by atoms with van der Waals surface area (Å²) in [5.74, 6) is -0.376. The van der Waals surface area contributed by atoms with Gasteiger partial charge in [-0.2, -0.15) is 0 Å². The number of hydrogen-bond donors (Lipinski definition) is 1. The predicted octanol–water partition coefficient (Wildman–Crippen LogP) is 1.02. The molecule has 0 saturated heterocycles. The number of aromatic nitrogens is 1. The Labute approximate surface area is 134 Å². The van der Waals surface area contributed by atoms with Gasteiger partial charge in [0.05, 0.1) is 0 Å². The van der Waals surface area contributed by atoms with Crippen molar-refractivity contribution in [2.75, 3.05) is 14.1 Å². The van der Waals surface area contributed by atoms with Crippen LogP contribution in [0.1, 0.15) is 26.3 Å². The van der Waals surface area contributed by atoms with E-state index in [1.165, 1.54) is 15.5 Å². The topological polar surface area (TPSA) is 71.4 Å². The molecule has 2 rings (SSSR count). The summed E-state index contributed by atoms with van der Waals surface area (Å²) >= 11 is 0. The third-order valence-corrected chi connectivity index (χ3v) is 3.56. The van der Waals surface area contributed by atoms with Crippen molar-refractivity contribution in [3.05, 3.63) is 69.6 Å². The molecule has 0 fully saturated rings. The second-order valence-electron chi connectivity index (χ2n) is 5.30. The highest BCUT2D eigenvalue weighted by atomic mass is 16.2. The zero-order valence-electron chi connectivity index (χ0n) is 13.4. The quantitative estimate of drug-likeness (QED) is 0.916. The Balaban J connectivity index is 2.10. The van der Waals surface area contributed by atoms with Crippen LogP contribution in [0, 0.1) is 0 Å². The van der Waals surface area contributed by atoms with Crippen molar-refractivity contribution < 1.29 is 9.59 Å². The van der Waals surface area contributed by atoms with E-state index in [1.807, 2.05) is 0 Å². The van der Waals surface area contributed by atoms with Crippen molar-refractivity contribution in [2.45, 2.75) is 6.54 Å². The molecular weight excluding hydrogens is 294 g/mol. The Bertz CT molecular complexity index is 778. The van der Waals surface area contributed by atoms with Gasteiger partial charge in [-0.3, -0.25) is 14.4 Å². The van der Waals surface area contributed by atoms with E-state index in [-0.39, 0.29) is 17.4 Å². The van der Waals surface area contributed by atoms with E-state index in [4.69, 9.17) is 0 Å². The number of hydrogen-bond acceptors (Lipinski definition) is 3. The van der Waals surface area contributed by atoms with Gasteiger partial charge in [-0.1, -0.05) is 12.1 Å². The van der Waals surface area contributed by atoms with Gasteiger partial charge in [0.15, 0.2) is 0 Å². The highest BCUT2D eigenvalue weighted by molar-refractivity contribution is 5.94. The summed E-state index contributed by atoms with van der Waals surface area (Å²) in [4.78, 5) is 37.0. The first-order valence-electron chi connectivity index (χ1n) is 7.15. The molecule has 0 radical (unpaired) electrons. The van der Waals surface area contributed by atoms with Crippen LogP contribution in [-0.2, 0) is 13.6 Å². The van der Waals surface area contributed by atoms with Crippen molar-refractivity contribution in [1.82, 2.24) is 14.8 Å². The molecule has 1 N–H and O–H groups in total. The first-order chi connectivity index (χ1) is 10.9. The predicted molar refractivity (Wildman–Crippen MR) is 87.3 cm³/mol. The average Bonchev–Trinajstić information content (AvgIpc) is 2.56. The molecule has 0 atom stereocenters. The van der Waals surface area contributed by atoms with Crippen LogP contribution in [-0.4, -0.2) is 35.4 Å². The van der Waals surface area contributed by atoms with E-state index in [9.17, 15) is 14.4 Å². The maximum Gasteiger partial charge on any atom is 0.254 e. The SMILES string of the molecule is CNC(=O)c1ccc(CN(C)C(=O)c2ccn(C)c(=O)c2)cc1. The van der Waals surface area contributed by atoms with Gasteiger partial charge in [-0.05, 0) is 23.8 Å². The van der Waals surface area contributed by atoms with Crippen molar-refractivity contribution in [2.24, 2.45) is 7.05 Å². The first-order valence-corrected chi connectivity index (χ1v) is 7.15. The fourth-order valence-electron chi connectivity index (χ4n) is 2.15. The fraction of sp³-hybridized carbons (Fsp3) is 0.235. The third-order valence-electron chi connectivity index (χ3n) is 3.56. The van der Waals surface area contributed by atoms with Crippen LogP contribution in [0.2, 0.25) is 0 Å². The molecule has 0 aliphatic rings. The number of carbonyl (C=O) groups is 2. The number of pyridine rings is 1. The molecule has 6 heteroatoms. The summed E-state index contributed by atoms with van der Waals surface area (Å²) in [6.07, 6.45) is 1.57. The zero-order chi connectivity index (χ0) is 17.0. The monoisotopic (exact) mass is 313 g/mol. The van der Waals surface area contributed by atoms with Gasteiger partial charge in [0.2, 0.25) is 0 Å². The molecule has 0 aliphatic carbocycles. The summed E-state index contributed by atoms with van der Waals surface area (Å²) in [7, 11) is 4.88. The molecule has 6 nitrogen and oxygen atoms in total. The molecule has 0 bridgehead atoms. The second kappa shape index (κ2) is 6.91. The number of nitrogens with one attached hydrogen (secondary N) is 1. The van der Waals surface area contributed by atoms with Crippen molar-refractivity contribution in [3.63, 3.8) is 0 Å². The summed E-state index contributed by atoms with van der Waals surface area (Å²) in [6.45, 7) is 0.391. The number of aryl methyl sites for hydroxylation is 1. The largest absolute Gasteiger partial charge is 0.355 e. The number of nitrogens with zero attached hydrogens (tertiary/aromatic N) is 2. The van der Waals surface area contributed by atoms with Gasteiger partial charge in [-0.15, -0.1) is 0 Å². The van der Waals surface area contributed by atoms with Gasteiger partial charge in [0, 0.05) is 51.1 Å². The molecule has 0 spiro atoms. The number of benzene rings is 1. The maximum atomic E-state index is 12.3. The molecule has 2 amide bonds. The smallest absolute Gasteiger partial charge is 0.254 e.